The van der Waals surface area contributed by atoms with Gasteiger partial charge in [-0.15, -0.1) is 0 Å². The Balaban J connectivity index is 1.14. The highest BCUT2D eigenvalue weighted by Gasteiger charge is 2.47. The molecule has 46 heavy (non-hydrogen) atoms. The second-order valence-corrected chi connectivity index (χ2v) is 13.8. The molecule has 2 saturated carbocycles. The summed E-state index contributed by atoms with van der Waals surface area (Å²) in [5.41, 5.74) is 10.8. The van der Waals surface area contributed by atoms with Gasteiger partial charge in [-0.1, -0.05) is 0 Å². The number of anilines is 1. The van der Waals surface area contributed by atoms with Gasteiger partial charge in [0.25, 0.3) is 5.91 Å². The van der Waals surface area contributed by atoms with E-state index >= 15 is 0 Å². The second-order valence-electron chi connectivity index (χ2n) is 13.8. The SMILES string of the molecule is COc1cc(C(=O)N2C[C@H]3CC[C@@H]2[C@@H]3N)cc2nc(-c3cc4cccnc4n3CC3CC3)n(CC3CN(c4ccnc(C)n4)C3)c12. The van der Waals surface area contributed by atoms with Gasteiger partial charge in [0, 0.05) is 74.1 Å². The number of carbonyl (C=O) groups excluding carboxylic acids is 1. The third-order valence-corrected chi connectivity index (χ3v) is 10.7. The molecule has 11 heteroatoms. The number of piperidine rings is 1. The average molecular weight is 618 g/mol. The molecule has 4 fully saturated rings. The van der Waals surface area contributed by atoms with Crippen LogP contribution in [0.3, 0.4) is 0 Å². The lowest BCUT2D eigenvalue weighted by atomic mass is 9.99. The zero-order valence-electron chi connectivity index (χ0n) is 26.3. The Kier molecular flexibility index (Phi) is 6.35. The van der Waals surface area contributed by atoms with Crippen molar-refractivity contribution in [3.05, 3.63) is 60.2 Å². The zero-order chi connectivity index (χ0) is 31.1. The average Bonchev–Trinajstić information content (AvgIpc) is 3.40. The fourth-order valence-corrected chi connectivity index (χ4v) is 8.10. The number of imidazole rings is 1. The predicted molar refractivity (Wildman–Crippen MR) is 176 cm³/mol. The van der Waals surface area contributed by atoms with Gasteiger partial charge in [0.15, 0.2) is 5.82 Å². The number of pyridine rings is 1. The zero-order valence-corrected chi connectivity index (χ0v) is 26.3. The number of nitrogens with two attached hydrogens (primary N) is 1. The molecule has 2 aliphatic carbocycles. The Bertz CT molecular complexity index is 1990. The van der Waals surface area contributed by atoms with Crippen LogP contribution in [-0.4, -0.2) is 78.7 Å². The number of aromatic nitrogens is 6. The molecular formula is C35H39N9O2. The topological polar surface area (TPSA) is 120 Å². The van der Waals surface area contributed by atoms with Crippen molar-refractivity contribution in [3.63, 3.8) is 0 Å². The van der Waals surface area contributed by atoms with Crippen LogP contribution in [0.5, 0.6) is 5.75 Å². The molecule has 9 rings (SSSR count). The third kappa shape index (κ3) is 4.46. The van der Waals surface area contributed by atoms with Gasteiger partial charge in [-0.2, -0.15) is 0 Å². The molecule has 1 amide bonds. The maximum absolute atomic E-state index is 13.9. The van der Waals surface area contributed by atoms with E-state index in [9.17, 15) is 4.79 Å². The summed E-state index contributed by atoms with van der Waals surface area (Å²) >= 11 is 0. The molecule has 5 aromatic rings. The number of benzene rings is 1. The first-order valence-electron chi connectivity index (χ1n) is 16.6. The minimum atomic E-state index is 0.0146. The van der Waals surface area contributed by atoms with Gasteiger partial charge in [0.05, 0.1) is 18.3 Å². The fourth-order valence-electron chi connectivity index (χ4n) is 8.10. The number of ether oxygens (including phenoxy) is 1. The molecule has 3 atom stereocenters. The number of rotatable bonds is 8. The molecule has 11 nitrogen and oxygen atoms in total. The Morgan fingerprint density at radius 3 is 2.54 bits per heavy atom. The van der Waals surface area contributed by atoms with E-state index in [2.05, 4.69) is 36.1 Å². The molecule has 0 unspecified atom stereocenters. The van der Waals surface area contributed by atoms with Gasteiger partial charge in [0.1, 0.15) is 28.6 Å². The molecule has 2 bridgehead atoms. The molecule has 1 aromatic carbocycles. The summed E-state index contributed by atoms with van der Waals surface area (Å²) in [5, 5.41) is 1.11. The van der Waals surface area contributed by atoms with E-state index < -0.39 is 0 Å². The van der Waals surface area contributed by atoms with Crippen molar-refractivity contribution in [1.82, 2.24) is 34.0 Å². The third-order valence-electron chi connectivity index (χ3n) is 10.7. The lowest BCUT2D eigenvalue weighted by Crippen LogP contribution is -2.49. The number of nitrogens with zero attached hydrogens (tertiary/aromatic N) is 8. The summed E-state index contributed by atoms with van der Waals surface area (Å²) in [6.07, 6.45) is 8.25. The maximum Gasteiger partial charge on any atom is 0.254 e. The number of fused-ring (bicyclic) bond motifs is 4. The van der Waals surface area contributed by atoms with Gasteiger partial charge in [0.2, 0.25) is 0 Å². The van der Waals surface area contributed by atoms with Gasteiger partial charge in [-0.3, -0.25) is 4.79 Å². The fraction of sp³-hybridized carbons (Fsp3) is 0.457. The standard InChI is InChI=1S/C35H39N9O2/c1-20-37-11-9-30(39-20)41-15-22(16-41)18-44-32-26(12-25(14-29(32)46-2)35(45)43-19-24-7-8-27(43)31(24)36)40-34(44)28-13-23-4-3-10-38-33(23)42(28)17-21-5-6-21/h3-4,9-14,21-22,24,27,31H,5-8,15-19,36H2,1-2H3/t24-,27-,31-/m1/s1. The summed E-state index contributed by atoms with van der Waals surface area (Å²) in [6.45, 7) is 6.11. The number of hydrogen-bond acceptors (Lipinski definition) is 8. The number of aryl methyl sites for hydroxylation is 1. The molecule has 4 aromatic heterocycles. The van der Waals surface area contributed by atoms with Gasteiger partial charge in [-0.05, 0) is 80.8 Å². The van der Waals surface area contributed by atoms with E-state index in [0.29, 0.717) is 29.1 Å². The van der Waals surface area contributed by atoms with E-state index in [1.165, 1.54) is 12.8 Å². The summed E-state index contributed by atoms with van der Waals surface area (Å²) in [5.74, 6) is 4.74. The lowest BCUT2D eigenvalue weighted by Gasteiger charge is -2.40. The number of hydrogen-bond donors (Lipinski definition) is 1. The van der Waals surface area contributed by atoms with Gasteiger partial charge >= 0.3 is 0 Å². The highest BCUT2D eigenvalue weighted by Crippen LogP contribution is 2.41. The Morgan fingerprint density at radius 2 is 1.80 bits per heavy atom. The first-order chi connectivity index (χ1) is 22.4. The quantitative estimate of drug-likeness (QED) is 0.274. The molecule has 0 radical (unpaired) electrons. The number of likely N-dealkylation sites (tertiary alicyclic amines) is 1. The summed E-state index contributed by atoms with van der Waals surface area (Å²) < 4.78 is 10.7. The second kappa shape index (κ2) is 10.5. The first-order valence-corrected chi connectivity index (χ1v) is 16.6. The molecule has 2 saturated heterocycles. The van der Waals surface area contributed by atoms with Crippen LogP contribution in [0.15, 0.2) is 48.8 Å². The number of methoxy groups -OCH3 is 1. The van der Waals surface area contributed by atoms with E-state index in [0.717, 1.165) is 90.8 Å². The minimum absolute atomic E-state index is 0.0146. The molecule has 2 N–H and O–H groups in total. The minimum Gasteiger partial charge on any atom is -0.494 e. The Hall–Kier alpha value is -4.51. The van der Waals surface area contributed by atoms with Gasteiger partial charge < -0.3 is 29.4 Å². The summed E-state index contributed by atoms with van der Waals surface area (Å²) in [4.78, 5) is 37.2. The van der Waals surface area contributed by atoms with Gasteiger partial charge in [-0.25, -0.2) is 19.9 Å². The molecule has 4 aliphatic rings. The van der Waals surface area contributed by atoms with Crippen molar-refractivity contribution in [1.29, 1.82) is 0 Å². The van der Waals surface area contributed by atoms with Crippen LogP contribution in [0, 0.1) is 24.7 Å². The molecule has 0 spiro atoms. The van der Waals surface area contributed by atoms with Crippen LogP contribution in [0.25, 0.3) is 33.6 Å². The van der Waals surface area contributed by atoms with Crippen molar-refractivity contribution in [2.75, 3.05) is 31.6 Å². The van der Waals surface area contributed by atoms with Crippen molar-refractivity contribution >= 4 is 33.8 Å². The predicted octanol–water partition coefficient (Wildman–Crippen LogP) is 4.27. The smallest absolute Gasteiger partial charge is 0.254 e. The number of carbonyl (C=O) groups is 1. The van der Waals surface area contributed by atoms with E-state index in [1.807, 2.05) is 48.5 Å². The largest absolute Gasteiger partial charge is 0.494 e. The Morgan fingerprint density at radius 1 is 0.957 bits per heavy atom. The van der Waals surface area contributed by atoms with Crippen LogP contribution in [0.2, 0.25) is 0 Å². The van der Waals surface area contributed by atoms with Crippen LogP contribution in [-0.2, 0) is 13.1 Å². The maximum atomic E-state index is 13.9. The highest BCUT2D eigenvalue weighted by molar-refractivity contribution is 6.00. The molecular weight excluding hydrogens is 578 g/mol. The monoisotopic (exact) mass is 617 g/mol. The lowest BCUT2D eigenvalue weighted by molar-refractivity contribution is 0.0700. The van der Waals surface area contributed by atoms with E-state index in [-0.39, 0.29) is 18.0 Å². The van der Waals surface area contributed by atoms with Crippen LogP contribution < -0.4 is 15.4 Å². The molecule has 236 valence electrons. The van der Waals surface area contributed by atoms with Crippen LogP contribution in [0.4, 0.5) is 5.82 Å². The normalized spacial score (nSPS) is 22.7. The Labute approximate surface area is 267 Å². The highest BCUT2D eigenvalue weighted by atomic mass is 16.5. The molecule has 2 aliphatic heterocycles. The summed E-state index contributed by atoms with van der Waals surface area (Å²) in [6, 6.07) is 12.4. The van der Waals surface area contributed by atoms with Crippen LogP contribution >= 0.6 is 0 Å². The molecule has 6 heterocycles. The van der Waals surface area contributed by atoms with E-state index in [4.69, 9.17) is 20.4 Å². The van der Waals surface area contributed by atoms with Crippen molar-refractivity contribution < 1.29 is 9.53 Å². The van der Waals surface area contributed by atoms with Crippen molar-refractivity contribution in [2.45, 2.75) is 57.8 Å². The summed E-state index contributed by atoms with van der Waals surface area (Å²) in [7, 11) is 1.68. The number of amides is 1. The van der Waals surface area contributed by atoms with Crippen molar-refractivity contribution in [2.24, 2.45) is 23.5 Å². The van der Waals surface area contributed by atoms with Crippen molar-refractivity contribution in [3.8, 4) is 17.3 Å². The van der Waals surface area contributed by atoms with Crippen LogP contribution in [0.1, 0.15) is 41.9 Å². The first kappa shape index (κ1) is 27.8. The van der Waals surface area contributed by atoms with E-state index in [1.54, 1.807) is 7.11 Å².